The first kappa shape index (κ1) is 14.1. The van der Waals surface area contributed by atoms with Crippen LogP contribution in [0, 0.1) is 11.3 Å². The Morgan fingerprint density at radius 1 is 0.955 bits per heavy atom. The number of fused-ring (bicyclic) bond motifs is 1. The third-order valence-corrected chi connectivity index (χ3v) is 4.08. The van der Waals surface area contributed by atoms with Gasteiger partial charge in [0.25, 0.3) is 0 Å². The third-order valence-electron chi connectivity index (χ3n) is 4.08. The molecule has 0 bridgehead atoms. The molecule has 1 aliphatic carbocycles. The molecule has 1 fully saturated rings. The molecular weight excluding hydrogens is 284 g/mol. The number of likely N-dealkylation sites (tertiary alicyclic amines) is 1. The van der Waals surface area contributed by atoms with Gasteiger partial charge in [0.2, 0.25) is 11.6 Å². The van der Waals surface area contributed by atoms with Crippen molar-refractivity contribution in [3.05, 3.63) is 34.5 Å². The third kappa shape index (κ3) is 1.94. The van der Waals surface area contributed by atoms with Crippen LogP contribution >= 0.6 is 0 Å². The maximum absolute atomic E-state index is 12.7. The Morgan fingerprint density at radius 2 is 1.50 bits per heavy atom. The zero-order valence-electron chi connectivity index (χ0n) is 11.8. The summed E-state index contributed by atoms with van der Waals surface area (Å²) in [7, 11) is 0. The lowest BCUT2D eigenvalue weighted by atomic mass is 9.85. The van der Waals surface area contributed by atoms with Gasteiger partial charge in [-0.2, -0.15) is 5.26 Å². The van der Waals surface area contributed by atoms with Crippen LogP contribution in [-0.4, -0.2) is 39.8 Å². The number of ketones is 2. The van der Waals surface area contributed by atoms with E-state index in [9.17, 15) is 25.1 Å². The van der Waals surface area contributed by atoms with E-state index in [0.717, 1.165) is 25.3 Å². The molecular formula is C16H14N2O4. The number of Topliss-reactive ketones (excluding diaryl/α,β-unsaturated/α-hetero) is 2. The Kier molecular flexibility index (Phi) is 3.33. The molecule has 0 radical (unpaired) electrons. The summed E-state index contributed by atoms with van der Waals surface area (Å²) in [5.74, 6) is -2.07. The number of aromatic hydroxyl groups is 2. The summed E-state index contributed by atoms with van der Waals surface area (Å²) in [5.41, 5.74) is -0.729. The minimum absolute atomic E-state index is 0.0422. The van der Waals surface area contributed by atoms with Crippen molar-refractivity contribution in [3.63, 3.8) is 0 Å². The van der Waals surface area contributed by atoms with E-state index in [4.69, 9.17) is 0 Å². The zero-order chi connectivity index (χ0) is 15.9. The molecule has 1 aromatic rings. The van der Waals surface area contributed by atoms with Crippen molar-refractivity contribution < 1.29 is 19.8 Å². The first-order valence-corrected chi connectivity index (χ1v) is 7.10. The van der Waals surface area contributed by atoms with E-state index < -0.39 is 17.3 Å². The first-order chi connectivity index (χ1) is 10.6. The number of piperidine rings is 1. The van der Waals surface area contributed by atoms with Gasteiger partial charge in [0.15, 0.2) is 0 Å². The Morgan fingerprint density at radius 3 is 2.05 bits per heavy atom. The smallest absolute Gasteiger partial charge is 0.215 e. The largest absolute Gasteiger partial charge is 0.507 e. The lowest BCUT2D eigenvalue weighted by Crippen LogP contribution is -2.37. The lowest BCUT2D eigenvalue weighted by Gasteiger charge is -2.32. The van der Waals surface area contributed by atoms with Crippen LogP contribution in [0.4, 0.5) is 0 Å². The van der Waals surface area contributed by atoms with Gasteiger partial charge in [0, 0.05) is 13.1 Å². The van der Waals surface area contributed by atoms with Crippen LogP contribution in [0.25, 0.3) is 0 Å². The summed E-state index contributed by atoms with van der Waals surface area (Å²) in [5, 5.41) is 29.1. The number of allylic oxidation sites excluding steroid dienone is 2. The minimum Gasteiger partial charge on any atom is -0.507 e. The number of hydrogen-bond acceptors (Lipinski definition) is 6. The highest BCUT2D eigenvalue weighted by atomic mass is 16.3. The molecule has 6 heteroatoms. The van der Waals surface area contributed by atoms with Crippen molar-refractivity contribution in [2.45, 2.75) is 19.3 Å². The number of carbonyl (C=O) groups excluding carboxylic acids is 2. The van der Waals surface area contributed by atoms with Crippen molar-refractivity contribution in [1.82, 2.24) is 4.90 Å². The van der Waals surface area contributed by atoms with Gasteiger partial charge in [-0.1, -0.05) is 0 Å². The highest BCUT2D eigenvalue weighted by Gasteiger charge is 2.39. The standard InChI is InChI=1S/C16H14N2O4/c17-8-9-14(18-6-2-1-3-7-18)16(22)13-11(20)5-4-10(19)12(13)15(9)21/h4-5,19-20H,1-3,6-7H2. The van der Waals surface area contributed by atoms with E-state index in [1.807, 2.05) is 0 Å². The second-order valence-corrected chi connectivity index (χ2v) is 5.40. The van der Waals surface area contributed by atoms with Gasteiger partial charge >= 0.3 is 0 Å². The first-order valence-electron chi connectivity index (χ1n) is 7.10. The van der Waals surface area contributed by atoms with Crippen LogP contribution < -0.4 is 0 Å². The average molecular weight is 298 g/mol. The molecule has 0 unspecified atom stereocenters. The Bertz CT molecular complexity index is 752. The molecule has 1 saturated heterocycles. The minimum atomic E-state index is -0.717. The average Bonchev–Trinajstić information content (AvgIpc) is 2.53. The Labute approximate surface area is 126 Å². The highest BCUT2D eigenvalue weighted by Crippen LogP contribution is 2.38. The van der Waals surface area contributed by atoms with Crippen LogP contribution in [0.2, 0.25) is 0 Å². The fourth-order valence-electron chi connectivity index (χ4n) is 3.03. The quantitative estimate of drug-likeness (QED) is 0.766. The number of hydrogen-bond donors (Lipinski definition) is 2. The van der Waals surface area contributed by atoms with Gasteiger partial charge < -0.3 is 15.1 Å². The summed E-state index contributed by atoms with van der Waals surface area (Å²) in [4.78, 5) is 26.9. The number of phenolic OH excluding ortho intramolecular Hbond substituents is 2. The van der Waals surface area contributed by atoms with Crippen molar-refractivity contribution >= 4 is 11.6 Å². The van der Waals surface area contributed by atoms with Gasteiger partial charge in [-0.3, -0.25) is 9.59 Å². The van der Waals surface area contributed by atoms with Gasteiger partial charge in [-0.25, -0.2) is 0 Å². The Balaban J connectivity index is 2.22. The number of nitriles is 1. The van der Waals surface area contributed by atoms with Gasteiger partial charge in [-0.15, -0.1) is 0 Å². The topological polar surface area (TPSA) is 102 Å². The number of benzene rings is 1. The van der Waals surface area contributed by atoms with Crippen molar-refractivity contribution in [1.29, 1.82) is 5.26 Å². The molecule has 112 valence electrons. The summed E-state index contributed by atoms with van der Waals surface area (Å²) >= 11 is 0. The molecule has 22 heavy (non-hydrogen) atoms. The lowest BCUT2D eigenvalue weighted by molar-refractivity contribution is 0.0932. The maximum atomic E-state index is 12.7. The summed E-state index contributed by atoms with van der Waals surface area (Å²) in [6, 6.07) is 4.10. The predicted molar refractivity (Wildman–Crippen MR) is 76.5 cm³/mol. The molecule has 3 rings (SSSR count). The number of carbonyl (C=O) groups is 2. The number of phenols is 2. The highest BCUT2D eigenvalue weighted by molar-refractivity contribution is 6.30. The van der Waals surface area contributed by atoms with Crippen LogP contribution in [0.1, 0.15) is 40.0 Å². The van der Waals surface area contributed by atoms with E-state index >= 15 is 0 Å². The van der Waals surface area contributed by atoms with Crippen molar-refractivity contribution in [2.75, 3.05) is 13.1 Å². The molecule has 2 N–H and O–H groups in total. The van der Waals surface area contributed by atoms with E-state index in [0.29, 0.717) is 13.1 Å². The van der Waals surface area contributed by atoms with Crippen LogP contribution in [0.3, 0.4) is 0 Å². The molecule has 0 aromatic heterocycles. The fourth-order valence-corrected chi connectivity index (χ4v) is 3.03. The molecule has 2 aliphatic rings. The van der Waals surface area contributed by atoms with Gasteiger partial charge in [0.05, 0.1) is 11.1 Å². The molecule has 0 spiro atoms. The van der Waals surface area contributed by atoms with Crippen LogP contribution in [0.15, 0.2) is 23.4 Å². The fraction of sp³-hybridized carbons (Fsp3) is 0.312. The Hall–Kier alpha value is -2.81. The molecule has 6 nitrogen and oxygen atoms in total. The molecule has 1 aliphatic heterocycles. The maximum Gasteiger partial charge on any atom is 0.215 e. The molecule has 0 atom stereocenters. The number of rotatable bonds is 1. The predicted octanol–water partition coefficient (Wildman–Crippen LogP) is 1.74. The van der Waals surface area contributed by atoms with E-state index in [1.165, 1.54) is 6.07 Å². The SMILES string of the molecule is N#CC1=C(N2CCCCC2)C(=O)c2c(O)ccc(O)c2C1=O. The van der Waals surface area contributed by atoms with E-state index in [1.54, 1.807) is 11.0 Å². The van der Waals surface area contributed by atoms with Gasteiger partial charge in [-0.05, 0) is 31.4 Å². The van der Waals surface area contributed by atoms with Crippen LogP contribution in [-0.2, 0) is 0 Å². The summed E-state index contributed by atoms with van der Waals surface area (Å²) < 4.78 is 0. The van der Waals surface area contributed by atoms with E-state index in [2.05, 4.69) is 0 Å². The van der Waals surface area contributed by atoms with Crippen molar-refractivity contribution in [3.8, 4) is 17.6 Å². The second-order valence-electron chi connectivity index (χ2n) is 5.40. The summed E-state index contributed by atoms with van der Waals surface area (Å²) in [6.07, 6.45) is 2.79. The normalized spacial score (nSPS) is 18.2. The molecule has 0 saturated carbocycles. The molecule has 1 aromatic carbocycles. The monoisotopic (exact) mass is 298 g/mol. The summed E-state index contributed by atoms with van der Waals surface area (Å²) in [6.45, 7) is 1.18. The van der Waals surface area contributed by atoms with Crippen LogP contribution in [0.5, 0.6) is 11.5 Å². The second kappa shape index (κ2) is 5.19. The molecule has 0 amide bonds. The van der Waals surface area contributed by atoms with Crippen molar-refractivity contribution in [2.24, 2.45) is 0 Å². The van der Waals surface area contributed by atoms with Gasteiger partial charge in [0.1, 0.15) is 28.8 Å². The van der Waals surface area contributed by atoms with E-state index in [-0.39, 0.29) is 28.1 Å². The molecule has 1 heterocycles. The number of nitrogens with zero attached hydrogens (tertiary/aromatic N) is 2. The zero-order valence-corrected chi connectivity index (χ0v) is 11.8.